The maximum Gasteiger partial charge on any atom is 0.276 e. The summed E-state index contributed by atoms with van der Waals surface area (Å²) in [6, 6.07) is 7.90. The summed E-state index contributed by atoms with van der Waals surface area (Å²) in [5.41, 5.74) is 2.09. The van der Waals surface area contributed by atoms with Crippen LogP contribution in [0.25, 0.3) is 0 Å². The van der Waals surface area contributed by atoms with E-state index in [1.54, 1.807) is 0 Å². The Hall–Kier alpha value is -2.34. The molecule has 0 bridgehead atoms. The summed E-state index contributed by atoms with van der Waals surface area (Å²) in [6.07, 6.45) is 2.70. The molecule has 1 atom stereocenters. The Morgan fingerprint density at radius 3 is 2.59 bits per heavy atom. The van der Waals surface area contributed by atoms with Gasteiger partial charge in [-0.25, -0.2) is 9.97 Å². The number of hydrogen-bond acceptors (Lipinski definition) is 5. The Kier molecular flexibility index (Phi) is 6.16. The number of carbonyl (C=O) groups excluding carboxylic acids is 1. The van der Waals surface area contributed by atoms with Crippen LogP contribution in [0.5, 0.6) is 0 Å². The highest BCUT2D eigenvalue weighted by atomic mass is 35.5. The first-order valence-corrected chi connectivity index (χ1v) is 9.83. The molecule has 1 saturated heterocycles. The summed E-state index contributed by atoms with van der Waals surface area (Å²) >= 11 is 6.16. The lowest BCUT2D eigenvalue weighted by atomic mass is 10.2. The van der Waals surface area contributed by atoms with E-state index in [1.807, 2.05) is 43.0 Å². The Balaban J connectivity index is 1.72. The van der Waals surface area contributed by atoms with Gasteiger partial charge in [0.2, 0.25) is 5.95 Å². The van der Waals surface area contributed by atoms with Gasteiger partial charge in [0, 0.05) is 37.6 Å². The zero-order chi connectivity index (χ0) is 19.4. The molecule has 27 heavy (non-hydrogen) atoms. The van der Waals surface area contributed by atoms with Gasteiger partial charge >= 0.3 is 0 Å². The van der Waals surface area contributed by atoms with Crippen LogP contribution in [0.1, 0.15) is 37.7 Å². The number of rotatable bonds is 6. The van der Waals surface area contributed by atoms with E-state index in [2.05, 4.69) is 27.1 Å². The molecule has 1 unspecified atom stereocenters. The van der Waals surface area contributed by atoms with Gasteiger partial charge in [0.1, 0.15) is 0 Å². The van der Waals surface area contributed by atoms with Gasteiger partial charge in [-0.15, -0.1) is 0 Å². The highest BCUT2D eigenvalue weighted by Crippen LogP contribution is 2.25. The molecule has 1 aliphatic rings. The van der Waals surface area contributed by atoms with Crippen LogP contribution >= 0.6 is 11.6 Å². The summed E-state index contributed by atoms with van der Waals surface area (Å²) in [6.45, 7) is 9.99. The normalized spacial score (nSPS) is 16.4. The lowest BCUT2D eigenvalue weighted by molar-refractivity contribution is 0.102. The molecule has 1 amide bonds. The Morgan fingerprint density at radius 2 is 2.00 bits per heavy atom. The smallest absolute Gasteiger partial charge is 0.276 e. The lowest BCUT2D eigenvalue weighted by Crippen LogP contribution is -2.25. The van der Waals surface area contributed by atoms with Gasteiger partial charge in [0.15, 0.2) is 5.69 Å². The van der Waals surface area contributed by atoms with Crippen LogP contribution in [0.3, 0.4) is 0 Å². The molecule has 2 aromatic rings. The second-order valence-electron chi connectivity index (χ2n) is 6.88. The molecule has 1 aliphatic heterocycles. The summed E-state index contributed by atoms with van der Waals surface area (Å²) in [5.74, 6) is 0.899. The van der Waals surface area contributed by atoms with Crippen molar-refractivity contribution in [2.75, 3.05) is 41.3 Å². The van der Waals surface area contributed by atoms with Crippen LogP contribution in [-0.2, 0) is 0 Å². The lowest BCUT2D eigenvalue weighted by Gasteiger charge is -2.19. The maximum atomic E-state index is 12.7. The van der Waals surface area contributed by atoms with Crippen molar-refractivity contribution in [3.05, 3.63) is 41.2 Å². The fraction of sp³-hybridized carbons (Fsp3) is 0.450. The number of nitrogens with zero attached hydrogens (tertiary/aromatic N) is 4. The second-order valence-corrected chi connectivity index (χ2v) is 7.29. The van der Waals surface area contributed by atoms with Gasteiger partial charge < -0.3 is 15.1 Å². The fourth-order valence-electron chi connectivity index (χ4n) is 3.29. The van der Waals surface area contributed by atoms with Crippen LogP contribution in [-0.4, -0.2) is 42.1 Å². The second kappa shape index (κ2) is 8.57. The number of aromatic nitrogens is 2. The van der Waals surface area contributed by atoms with Gasteiger partial charge in [0.25, 0.3) is 5.91 Å². The molecule has 0 spiro atoms. The third kappa shape index (κ3) is 4.50. The van der Waals surface area contributed by atoms with Crippen LogP contribution in [0.15, 0.2) is 30.5 Å². The number of nitrogens with one attached hydrogen (secondary N) is 1. The Morgan fingerprint density at radius 1 is 1.30 bits per heavy atom. The first-order valence-electron chi connectivity index (χ1n) is 9.45. The number of halogens is 1. The van der Waals surface area contributed by atoms with E-state index < -0.39 is 0 Å². The third-order valence-electron chi connectivity index (χ3n) is 4.91. The molecule has 1 fully saturated rings. The Bertz CT molecular complexity index is 791. The predicted molar refractivity (Wildman–Crippen MR) is 111 cm³/mol. The number of hydrogen-bond donors (Lipinski definition) is 1. The minimum Gasteiger partial charge on any atom is -0.371 e. The zero-order valence-corrected chi connectivity index (χ0v) is 16.8. The molecule has 7 heteroatoms. The van der Waals surface area contributed by atoms with Crippen LogP contribution < -0.4 is 15.1 Å². The van der Waals surface area contributed by atoms with E-state index >= 15 is 0 Å². The summed E-state index contributed by atoms with van der Waals surface area (Å²) < 4.78 is 0. The average Bonchev–Trinajstić information content (AvgIpc) is 3.11. The van der Waals surface area contributed by atoms with Crippen molar-refractivity contribution in [1.29, 1.82) is 0 Å². The van der Waals surface area contributed by atoms with E-state index in [0.29, 0.717) is 5.95 Å². The molecule has 6 nitrogen and oxygen atoms in total. The van der Waals surface area contributed by atoms with Crippen molar-refractivity contribution in [3.63, 3.8) is 0 Å². The number of anilines is 3. The zero-order valence-electron chi connectivity index (χ0n) is 16.1. The molecule has 0 radical (unpaired) electrons. The molecule has 1 aromatic heterocycles. The fourth-order valence-corrected chi connectivity index (χ4v) is 3.47. The molecular weight excluding hydrogens is 362 g/mol. The Labute approximate surface area is 165 Å². The first kappa shape index (κ1) is 19.4. The van der Waals surface area contributed by atoms with Gasteiger partial charge in [-0.3, -0.25) is 4.79 Å². The topological polar surface area (TPSA) is 61.4 Å². The monoisotopic (exact) mass is 387 g/mol. The van der Waals surface area contributed by atoms with E-state index in [4.69, 9.17) is 11.6 Å². The van der Waals surface area contributed by atoms with Crippen molar-refractivity contribution in [2.45, 2.75) is 27.2 Å². The predicted octanol–water partition coefficient (Wildman–Crippen LogP) is 4.07. The molecule has 1 aromatic carbocycles. The molecule has 2 heterocycles. The standard InChI is InChI=1S/C20H26ClN5O/c1-4-25(5-2)20-22-12-17(21)18(24-20)19(27)23-15-6-8-16(9-7-15)26-11-10-14(3)13-26/h6-9,12,14H,4-5,10-11,13H2,1-3H3,(H,23,27). The summed E-state index contributed by atoms with van der Waals surface area (Å²) in [4.78, 5) is 25.6. The van der Waals surface area contributed by atoms with E-state index in [0.717, 1.165) is 37.8 Å². The van der Waals surface area contributed by atoms with Gasteiger partial charge in [-0.2, -0.15) is 0 Å². The van der Waals surface area contributed by atoms with Crippen molar-refractivity contribution in [3.8, 4) is 0 Å². The SMILES string of the molecule is CCN(CC)c1ncc(Cl)c(C(=O)Nc2ccc(N3CCC(C)C3)cc2)n1. The first-order chi connectivity index (χ1) is 13.0. The van der Waals surface area contributed by atoms with Crippen LogP contribution in [0, 0.1) is 5.92 Å². The molecule has 0 aliphatic carbocycles. The molecule has 144 valence electrons. The number of amides is 1. The average molecular weight is 388 g/mol. The largest absolute Gasteiger partial charge is 0.371 e. The quantitative estimate of drug-likeness (QED) is 0.809. The van der Waals surface area contributed by atoms with E-state index in [9.17, 15) is 4.79 Å². The van der Waals surface area contributed by atoms with Gasteiger partial charge in [0.05, 0.1) is 11.2 Å². The maximum absolute atomic E-state index is 12.7. The van der Waals surface area contributed by atoms with Crippen molar-refractivity contribution >= 4 is 34.8 Å². The molecule has 0 saturated carbocycles. The van der Waals surface area contributed by atoms with Crippen LogP contribution in [0.4, 0.5) is 17.3 Å². The highest BCUT2D eigenvalue weighted by molar-refractivity contribution is 6.34. The number of carbonyl (C=O) groups is 1. The minimum absolute atomic E-state index is 0.186. The van der Waals surface area contributed by atoms with E-state index in [-0.39, 0.29) is 16.6 Å². The summed E-state index contributed by atoms with van der Waals surface area (Å²) in [7, 11) is 0. The van der Waals surface area contributed by atoms with Gasteiger partial charge in [-0.1, -0.05) is 18.5 Å². The minimum atomic E-state index is -0.335. The van der Waals surface area contributed by atoms with E-state index in [1.165, 1.54) is 18.3 Å². The molecular formula is C20H26ClN5O. The third-order valence-corrected chi connectivity index (χ3v) is 5.18. The summed E-state index contributed by atoms with van der Waals surface area (Å²) in [5, 5.41) is 3.12. The molecule has 3 rings (SSSR count). The van der Waals surface area contributed by atoms with Crippen LogP contribution in [0.2, 0.25) is 5.02 Å². The number of benzene rings is 1. The van der Waals surface area contributed by atoms with Crippen molar-refractivity contribution in [1.82, 2.24) is 9.97 Å². The molecule has 1 N–H and O–H groups in total. The van der Waals surface area contributed by atoms with Crippen molar-refractivity contribution < 1.29 is 4.79 Å². The van der Waals surface area contributed by atoms with Crippen molar-refractivity contribution in [2.24, 2.45) is 5.92 Å². The van der Waals surface area contributed by atoms with Gasteiger partial charge in [-0.05, 0) is 50.5 Å². The highest BCUT2D eigenvalue weighted by Gasteiger charge is 2.19.